The van der Waals surface area contributed by atoms with Crippen LogP contribution in [-0.2, 0) is 0 Å². The van der Waals surface area contributed by atoms with Gasteiger partial charge in [-0.05, 0) is 37.5 Å². The van der Waals surface area contributed by atoms with Crippen molar-refractivity contribution in [1.29, 1.82) is 0 Å². The maximum absolute atomic E-state index is 13.7. The van der Waals surface area contributed by atoms with E-state index in [1.165, 1.54) is 0 Å². The maximum Gasteiger partial charge on any atom is 0.146 e. The zero-order valence-corrected chi connectivity index (χ0v) is 10.3. The molecule has 2 N–H and O–H groups in total. The first-order chi connectivity index (χ1) is 7.16. The van der Waals surface area contributed by atoms with Crippen LogP contribution in [0.1, 0.15) is 18.4 Å². The Morgan fingerprint density at radius 1 is 1.31 bits per heavy atom. The minimum atomic E-state index is -0.120. The predicted octanol–water partition coefficient (Wildman–Crippen LogP) is 2.48. The molecule has 2 nitrogen and oxygen atoms in total. The second-order valence-electron chi connectivity index (χ2n) is 4.28. The molecule has 0 aliphatic carbocycles. The Kier molecular flexibility index (Phi) is 4.56. The van der Waals surface area contributed by atoms with Crippen molar-refractivity contribution in [2.75, 3.05) is 18.0 Å². The second kappa shape index (κ2) is 5.51. The number of benzene rings is 1. The van der Waals surface area contributed by atoms with Crippen LogP contribution in [0.3, 0.4) is 0 Å². The van der Waals surface area contributed by atoms with Crippen LogP contribution in [0.4, 0.5) is 10.1 Å². The molecule has 2 rings (SSSR count). The van der Waals surface area contributed by atoms with Gasteiger partial charge in [0.1, 0.15) is 5.82 Å². The normalized spacial score (nSPS) is 17.1. The third-order valence-electron chi connectivity index (χ3n) is 2.98. The number of halogens is 2. The number of aryl methyl sites for hydroxylation is 1. The standard InChI is InChI=1S/C12H17FN2.ClH/c1-9-2-3-12(11(13)8-9)15-6-4-10(14)5-7-15;/h2-3,8,10H,4-7,14H2,1H3;1H. The van der Waals surface area contributed by atoms with Crippen molar-refractivity contribution in [3.8, 4) is 0 Å². The molecule has 90 valence electrons. The van der Waals surface area contributed by atoms with E-state index in [0.717, 1.165) is 31.5 Å². The molecule has 16 heavy (non-hydrogen) atoms. The van der Waals surface area contributed by atoms with Gasteiger partial charge in [-0.25, -0.2) is 4.39 Å². The minimum absolute atomic E-state index is 0. The SMILES string of the molecule is Cc1ccc(N2CCC(N)CC2)c(F)c1.Cl. The molecule has 4 heteroatoms. The lowest BCUT2D eigenvalue weighted by atomic mass is 10.1. The number of hydrogen-bond donors (Lipinski definition) is 1. The first-order valence-corrected chi connectivity index (χ1v) is 5.43. The van der Waals surface area contributed by atoms with Crippen molar-refractivity contribution in [2.45, 2.75) is 25.8 Å². The van der Waals surface area contributed by atoms with E-state index in [4.69, 9.17) is 5.73 Å². The fourth-order valence-corrected chi connectivity index (χ4v) is 2.01. The van der Waals surface area contributed by atoms with Crippen LogP contribution >= 0.6 is 12.4 Å². The second-order valence-corrected chi connectivity index (χ2v) is 4.28. The van der Waals surface area contributed by atoms with Gasteiger partial charge in [0.25, 0.3) is 0 Å². The smallest absolute Gasteiger partial charge is 0.146 e. The fourth-order valence-electron chi connectivity index (χ4n) is 2.01. The zero-order valence-electron chi connectivity index (χ0n) is 9.45. The van der Waals surface area contributed by atoms with E-state index in [9.17, 15) is 4.39 Å². The van der Waals surface area contributed by atoms with E-state index in [-0.39, 0.29) is 24.3 Å². The molecular formula is C12H18ClFN2. The van der Waals surface area contributed by atoms with E-state index >= 15 is 0 Å². The Balaban J connectivity index is 0.00000128. The first kappa shape index (κ1) is 13.3. The highest BCUT2D eigenvalue weighted by Crippen LogP contribution is 2.23. The number of hydrogen-bond acceptors (Lipinski definition) is 2. The van der Waals surface area contributed by atoms with Gasteiger partial charge in [-0.3, -0.25) is 0 Å². The van der Waals surface area contributed by atoms with Crippen LogP contribution in [0.15, 0.2) is 18.2 Å². The largest absolute Gasteiger partial charge is 0.369 e. The summed E-state index contributed by atoms with van der Waals surface area (Å²) in [7, 11) is 0. The summed E-state index contributed by atoms with van der Waals surface area (Å²) in [5.74, 6) is -0.120. The summed E-state index contributed by atoms with van der Waals surface area (Å²) in [6, 6.07) is 5.69. The third kappa shape index (κ3) is 2.86. The van der Waals surface area contributed by atoms with Crippen LogP contribution in [0.5, 0.6) is 0 Å². The molecule has 0 bridgehead atoms. The van der Waals surface area contributed by atoms with E-state index in [1.807, 2.05) is 19.1 Å². The molecule has 0 atom stereocenters. The Hall–Kier alpha value is -0.800. The van der Waals surface area contributed by atoms with E-state index in [1.54, 1.807) is 6.07 Å². The van der Waals surface area contributed by atoms with Gasteiger partial charge in [-0.2, -0.15) is 0 Å². The average Bonchev–Trinajstić information content (AvgIpc) is 2.20. The Morgan fingerprint density at radius 3 is 2.50 bits per heavy atom. The lowest BCUT2D eigenvalue weighted by molar-refractivity contribution is 0.494. The maximum atomic E-state index is 13.7. The number of piperidine rings is 1. The summed E-state index contributed by atoms with van der Waals surface area (Å²) in [6.45, 7) is 3.63. The quantitative estimate of drug-likeness (QED) is 0.823. The van der Waals surface area contributed by atoms with Crippen molar-refractivity contribution < 1.29 is 4.39 Å². The summed E-state index contributed by atoms with van der Waals surface area (Å²) >= 11 is 0. The van der Waals surface area contributed by atoms with Crippen LogP contribution in [0.25, 0.3) is 0 Å². The molecule has 1 fully saturated rings. The Bertz CT molecular complexity index is 349. The lowest BCUT2D eigenvalue weighted by Gasteiger charge is -2.32. The summed E-state index contributed by atoms with van der Waals surface area (Å²) in [5.41, 5.74) is 7.49. The number of nitrogens with zero attached hydrogens (tertiary/aromatic N) is 1. The third-order valence-corrected chi connectivity index (χ3v) is 2.98. The highest BCUT2D eigenvalue weighted by atomic mass is 35.5. The van der Waals surface area contributed by atoms with Crippen molar-refractivity contribution in [1.82, 2.24) is 0 Å². The summed E-state index contributed by atoms with van der Waals surface area (Å²) < 4.78 is 13.7. The van der Waals surface area contributed by atoms with Gasteiger partial charge in [0.05, 0.1) is 5.69 Å². The molecule has 1 aromatic carbocycles. The Morgan fingerprint density at radius 2 is 1.94 bits per heavy atom. The molecule has 1 aromatic rings. The molecular weight excluding hydrogens is 227 g/mol. The molecule has 0 saturated carbocycles. The fraction of sp³-hybridized carbons (Fsp3) is 0.500. The topological polar surface area (TPSA) is 29.3 Å². The van der Waals surface area contributed by atoms with E-state index in [0.29, 0.717) is 5.69 Å². The monoisotopic (exact) mass is 244 g/mol. The summed E-state index contributed by atoms with van der Waals surface area (Å²) in [6.07, 6.45) is 1.90. The summed E-state index contributed by atoms with van der Waals surface area (Å²) in [4.78, 5) is 2.08. The first-order valence-electron chi connectivity index (χ1n) is 5.43. The molecule has 0 radical (unpaired) electrons. The number of nitrogens with two attached hydrogens (primary N) is 1. The average molecular weight is 245 g/mol. The molecule has 1 saturated heterocycles. The van der Waals surface area contributed by atoms with Crippen molar-refractivity contribution >= 4 is 18.1 Å². The van der Waals surface area contributed by atoms with Crippen LogP contribution in [-0.4, -0.2) is 19.1 Å². The number of anilines is 1. The molecule has 0 spiro atoms. The molecule has 0 unspecified atom stereocenters. The van der Waals surface area contributed by atoms with Gasteiger partial charge in [-0.15, -0.1) is 12.4 Å². The van der Waals surface area contributed by atoms with Gasteiger partial charge in [0.15, 0.2) is 0 Å². The molecule has 0 amide bonds. The zero-order chi connectivity index (χ0) is 10.8. The van der Waals surface area contributed by atoms with Gasteiger partial charge in [0, 0.05) is 19.1 Å². The van der Waals surface area contributed by atoms with Crippen molar-refractivity contribution in [3.05, 3.63) is 29.6 Å². The molecule has 1 aliphatic rings. The van der Waals surface area contributed by atoms with Crippen LogP contribution < -0.4 is 10.6 Å². The van der Waals surface area contributed by atoms with Crippen molar-refractivity contribution in [2.24, 2.45) is 5.73 Å². The Labute approximate surface area is 102 Å². The van der Waals surface area contributed by atoms with Crippen LogP contribution in [0, 0.1) is 12.7 Å². The van der Waals surface area contributed by atoms with E-state index < -0.39 is 0 Å². The van der Waals surface area contributed by atoms with Gasteiger partial charge < -0.3 is 10.6 Å². The van der Waals surface area contributed by atoms with Gasteiger partial charge >= 0.3 is 0 Å². The lowest BCUT2D eigenvalue weighted by Crippen LogP contribution is -2.40. The van der Waals surface area contributed by atoms with Crippen molar-refractivity contribution in [3.63, 3.8) is 0 Å². The van der Waals surface area contributed by atoms with E-state index in [2.05, 4.69) is 4.90 Å². The minimum Gasteiger partial charge on any atom is -0.369 e. The summed E-state index contributed by atoms with van der Waals surface area (Å²) in [5, 5.41) is 0. The highest BCUT2D eigenvalue weighted by molar-refractivity contribution is 5.85. The van der Waals surface area contributed by atoms with Crippen LogP contribution in [0.2, 0.25) is 0 Å². The molecule has 1 heterocycles. The predicted molar refractivity (Wildman–Crippen MR) is 67.8 cm³/mol. The highest BCUT2D eigenvalue weighted by Gasteiger charge is 2.18. The molecule has 0 aromatic heterocycles. The van der Waals surface area contributed by atoms with Gasteiger partial charge in [0.2, 0.25) is 0 Å². The molecule has 1 aliphatic heterocycles. The number of rotatable bonds is 1. The van der Waals surface area contributed by atoms with Gasteiger partial charge in [-0.1, -0.05) is 6.07 Å².